The van der Waals surface area contributed by atoms with Gasteiger partial charge in [-0.1, -0.05) is 29.8 Å². The van der Waals surface area contributed by atoms with Gasteiger partial charge in [0.25, 0.3) is 11.8 Å². The number of nitrogens with zero attached hydrogens (tertiary/aromatic N) is 1. The van der Waals surface area contributed by atoms with Crippen LogP contribution in [0.25, 0.3) is 10.1 Å². The van der Waals surface area contributed by atoms with Crippen LogP contribution in [0.2, 0.25) is 5.02 Å². The van der Waals surface area contributed by atoms with Crippen LogP contribution in [0.15, 0.2) is 36.4 Å². The van der Waals surface area contributed by atoms with E-state index in [1.807, 2.05) is 0 Å². The number of hydrogen-bond donors (Lipinski definition) is 2. The molecule has 2 aliphatic rings. The number of carbonyl (C=O) groups excluding carboxylic acids is 4. The summed E-state index contributed by atoms with van der Waals surface area (Å²) in [5.74, 6) is -1.69. The molecule has 3 aromatic rings. The molecular formula is C24H17ClF3N3O4S. The molecule has 1 aromatic heterocycles. The number of amides is 4. The normalized spacial score (nSPS) is 17.9. The quantitative estimate of drug-likeness (QED) is 0.488. The smallest absolute Gasteiger partial charge is 0.347 e. The lowest BCUT2D eigenvalue weighted by Gasteiger charge is -2.29. The van der Waals surface area contributed by atoms with Crippen LogP contribution in [0.3, 0.4) is 0 Å². The number of carbonyl (C=O) groups is 4. The number of rotatable bonds is 4. The molecule has 1 atom stereocenters. The average Bonchev–Trinajstić information content (AvgIpc) is 3.33. The molecule has 0 saturated carbocycles. The van der Waals surface area contributed by atoms with Gasteiger partial charge in [0.05, 0.1) is 10.6 Å². The van der Waals surface area contributed by atoms with Gasteiger partial charge in [0, 0.05) is 35.2 Å². The lowest BCUT2D eigenvalue weighted by Crippen LogP contribution is -2.52. The van der Waals surface area contributed by atoms with E-state index in [0.29, 0.717) is 22.1 Å². The molecule has 2 aliphatic heterocycles. The first-order valence-corrected chi connectivity index (χ1v) is 12.1. The second-order valence-electron chi connectivity index (χ2n) is 8.53. The van der Waals surface area contributed by atoms with Gasteiger partial charge in [0.15, 0.2) is 0 Å². The Balaban J connectivity index is 1.29. The van der Waals surface area contributed by atoms with Crippen molar-refractivity contribution in [2.75, 3.05) is 0 Å². The summed E-state index contributed by atoms with van der Waals surface area (Å²) in [7, 11) is 0. The number of thiophene rings is 1. The van der Waals surface area contributed by atoms with E-state index in [-0.39, 0.29) is 52.3 Å². The fourth-order valence-electron chi connectivity index (χ4n) is 4.39. The van der Waals surface area contributed by atoms with E-state index in [4.69, 9.17) is 11.6 Å². The molecule has 0 spiro atoms. The Morgan fingerprint density at radius 2 is 1.94 bits per heavy atom. The van der Waals surface area contributed by atoms with Gasteiger partial charge in [-0.25, -0.2) is 0 Å². The highest BCUT2D eigenvalue weighted by molar-refractivity contribution is 7.21. The number of nitrogens with one attached hydrogen (secondary N) is 2. The molecule has 5 rings (SSSR count). The first-order valence-electron chi connectivity index (χ1n) is 10.9. The molecule has 0 bridgehead atoms. The fourth-order valence-corrected chi connectivity index (χ4v) is 5.86. The number of imide groups is 1. The van der Waals surface area contributed by atoms with Crippen LogP contribution in [0, 0.1) is 0 Å². The Morgan fingerprint density at radius 3 is 2.67 bits per heavy atom. The first-order chi connectivity index (χ1) is 17.0. The summed E-state index contributed by atoms with van der Waals surface area (Å²) < 4.78 is 39.3. The van der Waals surface area contributed by atoms with E-state index < -0.39 is 29.6 Å². The van der Waals surface area contributed by atoms with Gasteiger partial charge in [-0.05, 0) is 35.7 Å². The van der Waals surface area contributed by atoms with Gasteiger partial charge in [-0.15, -0.1) is 11.3 Å². The predicted molar refractivity (Wildman–Crippen MR) is 125 cm³/mol. The number of hydrogen-bond acceptors (Lipinski definition) is 5. The molecule has 1 fully saturated rings. The summed E-state index contributed by atoms with van der Waals surface area (Å²) in [5, 5.41) is 5.42. The third-order valence-electron chi connectivity index (χ3n) is 6.20. The molecular weight excluding hydrogens is 519 g/mol. The summed E-state index contributed by atoms with van der Waals surface area (Å²) in [5.41, 5.74) is 1.01. The zero-order valence-corrected chi connectivity index (χ0v) is 19.9. The molecule has 1 unspecified atom stereocenters. The van der Waals surface area contributed by atoms with E-state index >= 15 is 0 Å². The summed E-state index contributed by atoms with van der Waals surface area (Å²) in [4.78, 5) is 50.7. The second kappa shape index (κ2) is 8.90. The van der Waals surface area contributed by atoms with Crippen molar-refractivity contribution in [3.05, 3.63) is 68.6 Å². The molecule has 36 heavy (non-hydrogen) atoms. The monoisotopic (exact) mass is 535 g/mol. The van der Waals surface area contributed by atoms with Crippen molar-refractivity contribution in [1.82, 2.24) is 15.5 Å². The first kappa shape index (κ1) is 24.3. The third kappa shape index (κ3) is 4.33. The largest absolute Gasteiger partial charge is 0.416 e. The SMILES string of the molecule is O=C1CCC(N2Cc3cc(CNC(=O)c4sc5cc(C(F)(F)F)ccc5c4Cl)ccc3C2=O)C(=O)N1. The number of alkyl halides is 3. The highest BCUT2D eigenvalue weighted by Gasteiger charge is 2.39. The van der Waals surface area contributed by atoms with Crippen molar-refractivity contribution in [1.29, 1.82) is 0 Å². The summed E-state index contributed by atoms with van der Waals surface area (Å²) in [6, 6.07) is 7.46. The van der Waals surface area contributed by atoms with Gasteiger partial charge in [-0.2, -0.15) is 13.2 Å². The topological polar surface area (TPSA) is 95.6 Å². The van der Waals surface area contributed by atoms with Crippen molar-refractivity contribution >= 4 is 56.7 Å². The maximum Gasteiger partial charge on any atom is 0.416 e. The highest BCUT2D eigenvalue weighted by atomic mass is 35.5. The lowest BCUT2D eigenvalue weighted by molar-refractivity contribution is -0.138. The fraction of sp³-hybridized carbons (Fsp3) is 0.250. The molecule has 1 saturated heterocycles. The van der Waals surface area contributed by atoms with Crippen molar-refractivity contribution in [2.24, 2.45) is 0 Å². The minimum atomic E-state index is -4.50. The van der Waals surface area contributed by atoms with Gasteiger partial charge < -0.3 is 10.2 Å². The maximum atomic E-state index is 13.0. The summed E-state index contributed by atoms with van der Waals surface area (Å²) >= 11 is 7.15. The van der Waals surface area contributed by atoms with Crippen molar-refractivity contribution < 1.29 is 32.3 Å². The van der Waals surface area contributed by atoms with Crippen molar-refractivity contribution in [3.63, 3.8) is 0 Å². The Hall–Kier alpha value is -3.44. The zero-order chi connectivity index (χ0) is 25.8. The second-order valence-corrected chi connectivity index (χ2v) is 9.96. The van der Waals surface area contributed by atoms with Crippen molar-refractivity contribution in [3.8, 4) is 0 Å². The standard InChI is InChI=1S/C24H17ClF3N3O4S/c25-19-15-4-2-13(24(26,27)28)8-17(15)36-20(19)22(34)29-9-11-1-3-14-12(7-11)10-31(23(14)35)16-5-6-18(32)30-21(16)33/h1-4,7-8,16H,5-6,9-10H2,(H,29,34)(H,30,32,33). The molecule has 0 radical (unpaired) electrons. The molecule has 0 aliphatic carbocycles. The third-order valence-corrected chi connectivity index (χ3v) is 7.86. The van der Waals surface area contributed by atoms with Crippen LogP contribution in [0.5, 0.6) is 0 Å². The van der Waals surface area contributed by atoms with Crippen LogP contribution in [-0.4, -0.2) is 34.6 Å². The molecule has 4 amide bonds. The van der Waals surface area contributed by atoms with E-state index in [9.17, 15) is 32.3 Å². The molecule has 186 valence electrons. The summed E-state index contributed by atoms with van der Waals surface area (Å²) in [6.45, 7) is 0.295. The molecule has 7 nitrogen and oxygen atoms in total. The Kier molecular flexibility index (Phi) is 6.00. The number of halogens is 4. The Labute approximate surface area is 211 Å². The van der Waals surface area contributed by atoms with Crippen LogP contribution < -0.4 is 10.6 Å². The number of piperidine rings is 1. The maximum absolute atomic E-state index is 13.0. The van der Waals surface area contributed by atoms with Crippen molar-refractivity contribution in [2.45, 2.75) is 38.1 Å². The minimum absolute atomic E-state index is 0.0839. The molecule has 3 heterocycles. The number of fused-ring (bicyclic) bond motifs is 2. The van der Waals surface area contributed by atoms with Gasteiger partial charge in [0.2, 0.25) is 11.8 Å². The predicted octanol–water partition coefficient (Wildman–Crippen LogP) is 4.26. The van der Waals surface area contributed by atoms with Crippen LogP contribution in [0.4, 0.5) is 13.2 Å². The van der Waals surface area contributed by atoms with E-state index in [0.717, 1.165) is 23.5 Å². The van der Waals surface area contributed by atoms with Gasteiger partial charge in [0.1, 0.15) is 10.9 Å². The molecule has 2 aromatic carbocycles. The van der Waals surface area contributed by atoms with Crippen LogP contribution in [-0.2, 0) is 28.9 Å². The van der Waals surface area contributed by atoms with Gasteiger partial charge >= 0.3 is 6.18 Å². The molecule has 2 N–H and O–H groups in total. The number of benzene rings is 2. The van der Waals surface area contributed by atoms with Gasteiger partial charge in [-0.3, -0.25) is 24.5 Å². The minimum Gasteiger partial charge on any atom is -0.347 e. The van der Waals surface area contributed by atoms with E-state index in [1.54, 1.807) is 18.2 Å². The Bertz CT molecular complexity index is 1450. The lowest BCUT2D eigenvalue weighted by atomic mass is 10.0. The van der Waals surface area contributed by atoms with Crippen LogP contribution >= 0.6 is 22.9 Å². The highest BCUT2D eigenvalue weighted by Crippen LogP contribution is 2.39. The zero-order valence-electron chi connectivity index (χ0n) is 18.4. The van der Waals surface area contributed by atoms with E-state index in [2.05, 4.69) is 10.6 Å². The van der Waals surface area contributed by atoms with Crippen LogP contribution in [0.1, 0.15) is 49.6 Å². The average molecular weight is 536 g/mol. The summed E-state index contributed by atoms with van der Waals surface area (Å²) in [6.07, 6.45) is -4.09. The molecule has 12 heteroatoms. The van der Waals surface area contributed by atoms with E-state index in [1.165, 1.54) is 11.0 Å². The Morgan fingerprint density at radius 1 is 1.17 bits per heavy atom.